The van der Waals surface area contributed by atoms with Crippen LogP contribution in [0, 0.1) is 13.8 Å². The Morgan fingerprint density at radius 1 is 0.783 bits per heavy atom. The number of imidazole rings is 1. The average Bonchev–Trinajstić information content (AvgIpc) is 2.99. The van der Waals surface area contributed by atoms with Gasteiger partial charge >= 0.3 is 0 Å². The molecule has 0 amide bonds. The summed E-state index contributed by atoms with van der Waals surface area (Å²) in [6, 6.07) is 12.5. The van der Waals surface area contributed by atoms with Crippen molar-refractivity contribution in [1.82, 2.24) is 19.9 Å². The van der Waals surface area contributed by atoms with E-state index in [2.05, 4.69) is 65.2 Å². The molecule has 0 unspecified atom stereocenters. The van der Waals surface area contributed by atoms with Crippen LogP contribution < -0.4 is 0 Å². The second kappa shape index (κ2) is 5.32. The monoisotopic (exact) mass is 300 g/mol. The molecule has 1 N–H and O–H groups in total. The fourth-order valence-corrected chi connectivity index (χ4v) is 2.67. The minimum absolute atomic E-state index is 0.890. The molecule has 4 rings (SSSR count). The number of hydrogen-bond acceptors (Lipinski definition) is 3. The number of H-pyrrole nitrogens is 1. The van der Waals surface area contributed by atoms with Crippen molar-refractivity contribution < 1.29 is 0 Å². The maximum atomic E-state index is 4.71. The first-order valence-electron chi connectivity index (χ1n) is 7.53. The summed E-state index contributed by atoms with van der Waals surface area (Å²) < 4.78 is 0. The van der Waals surface area contributed by atoms with Crippen molar-refractivity contribution in [2.75, 3.05) is 0 Å². The molecule has 0 aliphatic rings. The van der Waals surface area contributed by atoms with Crippen molar-refractivity contribution in [3.8, 4) is 22.5 Å². The molecule has 0 aliphatic carbocycles. The van der Waals surface area contributed by atoms with Crippen molar-refractivity contribution in [3.63, 3.8) is 0 Å². The Kier molecular flexibility index (Phi) is 3.15. The highest BCUT2D eigenvalue weighted by Crippen LogP contribution is 2.25. The zero-order valence-corrected chi connectivity index (χ0v) is 13.0. The van der Waals surface area contributed by atoms with Gasteiger partial charge in [-0.15, -0.1) is 0 Å². The first-order chi connectivity index (χ1) is 11.2. The van der Waals surface area contributed by atoms with Crippen LogP contribution in [-0.2, 0) is 0 Å². The number of aromatic amines is 1. The van der Waals surface area contributed by atoms with Gasteiger partial charge in [0.2, 0.25) is 0 Å². The molecule has 2 aromatic heterocycles. The van der Waals surface area contributed by atoms with Gasteiger partial charge in [-0.1, -0.05) is 24.3 Å². The Labute approximate surface area is 134 Å². The van der Waals surface area contributed by atoms with Gasteiger partial charge in [-0.25, -0.2) is 15.0 Å². The minimum Gasteiger partial charge on any atom is -0.338 e. The van der Waals surface area contributed by atoms with E-state index < -0.39 is 0 Å². The van der Waals surface area contributed by atoms with Crippen molar-refractivity contribution in [1.29, 1.82) is 0 Å². The number of hydrogen-bond donors (Lipinski definition) is 1. The van der Waals surface area contributed by atoms with Crippen molar-refractivity contribution in [3.05, 3.63) is 66.2 Å². The van der Waals surface area contributed by atoms with Crippen LogP contribution in [0.1, 0.15) is 11.1 Å². The molecule has 0 radical (unpaired) electrons. The first kappa shape index (κ1) is 13.6. The summed E-state index contributed by atoms with van der Waals surface area (Å²) in [7, 11) is 0. The Hall–Kier alpha value is -3.01. The van der Waals surface area contributed by atoms with Gasteiger partial charge in [0, 0.05) is 23.5 Å². The molecule has 0 bridgehead atoms. The lowest BCUT2D eigenvalue weighted by Crippen LogP contribution is -1.84. The van der Waals surface area contributed by atoms with E-state index in [0.29, 0.717) is 0 Å². The topological polar surface area (TPSA) is 54.5 Å². The molecule has 112 valence electrons. The molecule has 2 aromatic carbocycles. The molecule has 4 nitrogen and oxygen atoms in total. The van der Waals surface area contributed by atoms with E-state index in [4.69, 9.17) is 4.98 Å². The zero-order valence-electron chi connectivity index (χ0n) is 13.0. The third kappa shape index (κ3) is 2.48. The smallest absolute Gasteiger partial charge is 0.138 e. The largest absolute Gasteiger partial charge is 0.338 e. The molecule has 0 atom stereocenters. The molecule has 0 fully saturated rings. The van der Waals surface area contributed by atoms with Crippen LogP contribution in [0.4, 0.5) is 0 Å². The molecular weight excluding hydrogens is 284 g/mol. The van der Waals surface area contributed by atoms with Crippen LogP contribution in [0.5, 0.6) is 0 Å². The molecule has 2 heterocycles. The molecule has 0 spiro atoms. The first-order valence-corrected chi connectivity index (χ1v) is 7.53. The van der Waals surface area contributed by atoms with Crippen molar-refractivity contribution in [2.24, 2.45) is 0 Å². The molecular formula is C19H16N4. The lowest BCUT2D eigenvalue weighted by molar-refractivity contribution is 1.17. The fraction of sp³-hybridized carbons (Fsp3) is 0.105. The van der Waals surface area contributed by atoms with E-state index in [9.17, 15) is 0 Å². The second-order valence-corrected chi connectivity index (χ2v) is 5.74. The van der Waals surface area contributed by atoms with E-state index in [0.717, 1.165) is 33.5 Å². The standard InChI is InChI=1S/C19H16N4/c1-12-7-17-18(8-13(12)2)23-19(22-17)15-5-3-14(4-6-15)16-9-20-11-21-10-16/h3-11H,1-2H3,(H,22,23). The summed E-state index contributed by atoms with van der Waals surface area (Å²) in [6.07, 6.45) is 5.17. The predicted octanol–water partition coefficient (Wildman–Crippen LogP) is 4.30. The number of aromatic nitrogens is 4. The van der Waals surface area contributed by atoms with E-state index in [-0.39, 0.29) is 0 Å². The van der Waals surface area contributed by atoms with Gasteiger partial charge < -0.3 is 4.98 Å². The maximum Gasteiger partial charge on any atom is 0.138 e. The zero-order chi connectivity index (χ0) is 15.8. The van der Waals surface area contributed by atoms with Crippen LogP contribution in [0.25, 0.3) is 33.5 Å². The number of nitrogens with zero attached hydrogens (tertiary/aromatic N) is 3. The van der Waals surface area contributed by atoms with Gasteiger partial charge in [-0.05, 0) is 42.7 Å². The van der Waals surface area contributed by atoms with Crippen LogP contribution >= 0.6 is 0 Å². The highest BCUT2D eigenvalue weighted by atomic mass is 14.9. The summed E-state index contributed by atoms with van der Waals surface area (Å²) in [5.41, 5.74) is 7.78. The number of nitrogens with one attached hydrogen (secondary N) is 1. The summed E-state index contributed by atoms with van der Waals surface area (Å²) in [5.74, 6) is 0.890. The quantitative estimate of drug-likeness (QED) is 0.600. The molecule has 4 heteroatoms. The van der Waals surface area contributed by atoms with E-state index in [1.54, 1.807) is 0 Å². The van der Waals surface area contributed by atoms with Crippen LogP contribution in [-0.4, -0.2) is 19.9 Å². The van der Waals surface area contributed by atoms with E-state index in [1.165, 1.54) is 17.5 Å². The van der Waals surface area contributed by atoms with Crippen LogP contribution in [0.3, 0.4) is 0 Å². The molecule has 0 saturated carbocycles. The summed E-state index contributed by atoms with van der Waals surface area (Å²) in [4.78, 5) is 16.2. The van der Waals surface area contributed by atoms with Crippen LogP contribution in [0.2, 0.25) is 0 Å². The average molecular weight is 300 g/mol. The summed E-state index contributed by atoms with van der Waals surface area (Å²) in [6.45, 7) is 4.23. The highest BCUT2D eigenvalue weighted by Gasteiger charge is 2.07. The number of rotatable bonds is 2. The highest BCUT2D eigenvalue weighted by molar-refractivity contribution is 5.81. The Morgan fingerprint density at radius 3 is 2.17 bits per heavy atom. The predicted molar refractivity (Wildman–Crippen MR) is 92.0 cm³/mol. The molecule has 0 aliphatic heterocycles. The lowest BCUT2D eigenvalue weighted by atomic mass is 10.1. The Balaban J connectivity index is 1.73. The summed E-state index contributed by atoms with van der Waals surface area (Å²) >= 11 is 0. The Morgan fingerprint density at radius 2 is 1.43 bits per heavy atom. The van der Waals surface area contributed by atoms with E-state index in [1.807, 2.05) is 12.4 Å². The number of fused-ring (bicyclic) bond motifs is 1. The van der Waals surface area contributed by atoms with Gasteiger partial charge in [0.05, 0.1) is 11.0 Å². The third-order valence-corrected chi connectivity index (χ3v) is 4.15. The van der Waals surface area contributed by atoms with Gasteiger partial charge in [0.1, 0.15) is 12.2 Å². The van der Waals surface area contributed by atoms with Crippen LogP contribution in [0.15, 0.2) is 55.1 Å². The SMILES string of the molecule is Cc1cc2nc(-c3ccc(-c4cncnc4)cc3)[nH]c2cc1C. The van der Waals surface area contributed by atoms with Crippen molar-refractivity contribution >= 4 is 11.0 Å². The lowest BCUT2D eigenvalue weighted by Gasteiger charge is -2.01. The molecule has 0 saturated heterocycles. The van der Waals surface area contributed by atoms with Gasteiger partial charge in [0.25, 0.3) is 0 Å². The van der Waals surface area contributed by atoms with Gasteiger partial charge in [-0.2, -0.15) is 0 Å². The summed E-state index contributed by atoms with van der Waals surface area (Å²) in [5, 5.41) is 0. The van der Waals surface area contributed by atoms with Crippen molar-refractivity contribution in [2.45, 2.75) is 13.8 Å². The third-order valence-electron chi connectivity index (χ3n) is 4.15. The Bertz CT molecular complexity index is 931. The maximum absolute atomic E-state index is 4.71. The number of aryl methyl sites for hydroxylation is 2. The van der Waals surface area contributed by atoms with Gasteiger partial charge in [0.15, 0.2) is 0 Å². The molecule has 4 aromatic rings. The molecule has 23 heavy (non-hydrogen) atoms. The minimum atomic E-state index is 0.890. The second-order valence-electron chi connectivity index (χ2n) is 5.74. The fourth-order valence-electron chi connectivity index (χ4n) is 2.67. The number of benzene rings is 2. The van der Waals surface area contributed by atoms with Gasteiger partial charge in [-0.3, -0.25) is 0 Å². The van der Waals surface area contributed by atoms with E-state index >= 15 is 0 Å². The normalized spacial score (nSPS) is 11.0.